The van der Waals surface area contributed by atoms with Crippen molar-refractivity contribution >= 4 is 0 Å². The zero-order valence-electron chi connectivity index (χ0n) is 9.06. The van der Waals surface area contributed by atoms with Gasteiger partial charge in [-0.1, -0.05) is 12.2 Å². The summed E-state index contributed by atoms with van der Waals surface area (Å²) in [5.74, 6) is 1.60. The Morgan fingerprint density at radius 1 is 1.46 bits per heavy atom. The Morgan fingerprint density at radius 2 is 2.15 bits per heavy atom. The topological polar surface area (TPSA) is 12.0 Å². The maximum atomic E-state index is 4.19. The quantitative estimate of drug-likeness (QED) is 0.564. The van der Waals surface area contributed by atoms with Crippen LogP contribution >= 0.6 is 0 Å². The minimum atomic E-state index is 0.344. The number of piperidine rings is 1. The molecule has 3 atom stereocenters. The number of nitrogens with one attached hydrogen (secondary N) is 1. The Morgan fingerprint density at radius 3 is 2.85 bits per heavy atom. The van der Waals surface area contributed by atoms with E-state index in [9.17, 15) is 0 Å². The molecule has 1 aliphatic carbocycles. The molecular weight excluding hydrogens is 158 g/mol. The molecule has 1 heteroatoms. The third kappa shape index (κ3) is 1.43. The van der Waals surface area contributed by atoms with Gasteiger partial charge in [-0.15, -0.1) is 0 Å². The first-order valence-electron chi connectivity index (χ1n) is 5.46. The van der Waals surface area contributed by atoms with E-state index in [4.69, 9.17) is 0 Å². The zero-order chi connectivity index (χ0) is 9.64. The second-order valence-electron chi connectivity index (χ2n) is 5.39. The van der Waals surface area contributed by atoms with Gasteiger partial charge in [0.1, 0.15) is 0 Å². The first kappa shape index (κ1) is 9.26. The predicted octanol–water partition coefficient (Wildman–Crippen LogP) is 2.73. The van der Waals surface area contributed by atoms with Crippen molar-refractivity contribution in [3.63, 3.8) is 0 Å². The Balaban J connectivity index is 2.21. The second-order valence-corrected chi connectivity index (χ2v) is 5.39. The molecular formula is C12H21N. The first-order valence-corrected chi connectivity index (χ1v) is 5.46. The van der Waals surface area contributed by atoms with Crippen molar-refractivity contribution in [2.45, 2.75) is 51.6 Å². The van der Waals surface area contributed by atoms with Crippen molar-refractivity contribution in [3.8, 4) is 0 Å². The van der Waals surface area contributed by atoms with Gasteiger partial charge in [-0.2, -0.15) is 0 Å². The van der Waals surface area contributed by atoms with Crippen LogP contribution in [0.3, 0.4) is 0 Å². The van der Waals surface area contributed by atoms with Crippen LogP contribution in [0.25, 0.3) is 0 Å². The van der Waals surface area contributed by atoms with Crippen molar-refractivity contribution in [1.29, 1.82) is 0 Å². The fourth-order valence-electron chi connectivity index (χ4n) is 3.15. The van der Waals surface area contributed by atoms with Crippen LogP contribution in [-0.4, -0.2) is 11.6 Å². The van der Waals surface area contributed by atoms with Gasteiger partial charge in [0.2, 0.25) is 0 Å². The van der Waals surface area contributed by atoms with Gasteiger partial charge in [-0.3, -0.25) is 0 Å². The molecule has 13 heavy (non-hydrogen) atoms. The van der Waals surface area contributed by atoms with Crippen LogP contribution in [-0.2, 0) is 0 Å². The van der Waals surface area contributed by atoms with Crippen molar-refractivity contribution < 1.29 is 0 Å². The van der Waals surface area contributed by atoms with Gasteiger partial charge in [-0.05, 0) is 51.9 Å². The van der Waals surface area contributed by atoms with E-state index in [1.807, 2.05) is 0 Å². The lowest BCUT2D eigenvalue weighted by Crippen LogP contribution is -2.59. The van der Waals surface area contributed by atoms with Crippen molar-refractivity contribution in [2.75, 3.05) is 0 Å². The fraction of sp³-hybridized carbons (Fsp3) is 0.833. The minimum absolute atomic E-state index is 0.344. The van der Waals surface area contributed by atoms with Crippen molar-refractivity contribution in [1.82, 2.24) is 5.32 Å². The maximum Gasteiger partial charge on any atom is 0.0156 e. The van der Waals surface area contributed by atoms with Crippen LogP contribution in [0.5, 0.6) is 0 Å². The molecule has 0 radical (unpaired) electrons. The van der Waals surface area contributed by atoms with Gasteiger partial charge in [0.15, 0.2) is 0 Å². The van der Waals surface area contributed by atoms with Gasteiger partial charge in [-0.25, -0.2) is 0 Å². The molecule has 0 aromatic carbocycles. The average Bonchev–Trinajstić information content (AvgIpc) is 2.02. The third-order valence-corrected chi connectivity index (χ3v) is 4.10. The lowest BCUT2D eigenvalue weighted by Gasteiger charge is -2.50. The second kappa shape index (κ2) is 2.84. The molecule has 1 aliphatic heterocycles. The van der Waals surface area contributed by atoms with E-state index in [1.54, 1.807) is 0 Å². The highest BCUT2D eigenvalue weighted by Crippen LogP contribution is 2.43. The molecule has 74 valence electrons. The maximum absolute atomic E-state index is 4.19. The summed E-state index contributed by atoms with van der Waals surface area (Å²) >= 11 is 0. The van der Waals surface area contributed by atoms with E-state index < -0.39 is 0 Å². The molecule has 2 fully saturated rings. The third-order valence-electron chi connectivity index (χ3n) is 4.10. The van der Waals surface area contributed by atoms with Crippen LogP contribution < -0.4 is 5.32 Å². The summed E-state index contributed by atoms with van der Waals surface area (Å²) in [5.41, 5.74) is 1.82. The first-order chi connectivity index (χ1) is 6.00. The number of hydrogen-bond acceptors (Lipinski definition) is 1. The molecule has 0 amide bonds. The van der Waals surface area contributed by atoms with E-state index >= 15 is 0 Å². The number of hydrogen-bond donors (Lipinski definition) is 1. The summed E-state index contributed by atoms with van der Waals surface area (Å²) in [6, 6.07) is 0.624. The van der Waals surface area contributed by atoms with Crippen LogP contribution in [0.4, 0.5) is 0 Å². The lowest BCUT2D eigenvalue weighted by molar-refractivity contribution is 0.0964. The molecule has 0 aromatic heterocycles. The summed E-state index contributed by atoms with van der Waals surface area (Å²) in [6.45, 7) is 11.2. The standard InChI is InChI=1S/C12H21N/c1-8-5-6-10-7-11(8)9(2)13-12(10,3)4/h9-11,13H,1,5-7H2,2-4H3/t9-,10?,11+/m1/s1. The summed E-state index contributed by atoms with van der Waals surface area (Å²) < 4.78 is 0. The van der Waals surface area contributed by atoms with E-state index in [2.05, 4.69) is 32.7 Å². The Bertz CT molecular complexity index is 229. The van der Waals surface area contributed by atoms with Crippen molar-refractivity contribution in [3.05, 3.63) is 12.2 Å². The summed E-state index contributed by atoms with van der Waals surface area (Å²) in [5, 5.41) is 3.73. The lowest BCUT2D eigenvalue weighted by atomic mass is 9.65. The highest BCUT2D eigenvalue weighted by atomic mass is 15.0. The van der Waals surface area contributed by atoms with Gasteiger partial charge in [0, 0.05) is 11.6 Å². The monoisotopic (exact) mass is 179 g/mol. The number of rotatable bonds is 0. The average molecular weight is 179 g/mol. The fourth-order valence-corrected chi connectivity index (χ4v) is 3.15. The van der Waals surface area contributed by atoms with Crippen LogP contribution in [0.15, 0.2) is 12.2 Å². The van der Waals surface area contributed by atoms with Crippen molar-refractivity contribution in [2.24, 2.45) is 11.8 Å². The normalized spacial score (nSPS) is 43.3. The van der Waals surface area contributed by atoms with E-state index in [1.165, 1.54) is 24.8 Å². The van der Waals surface area contributed by atoms with Crippen LogP contribution in [0, 0.1) is 11.8 Å². The molecule has 2 aliphatic rings. The summed E-state index contributed by atoms with van der Waals surface area (Å²) in [4.78, 5) is 0. The zero-order valence-corrected chi connectivity index (χ0v) is 9.06. The van der Waals surface area contributed by atoms with Crippen LogP contribution in [0.2, 0.25) is 0 Å². The van der Waals surface area contributed by atoms with E-state index in [0.717, 1.165) is 11.8 Å². The molecule has 0 aromatic rings. The Kier molecular flexibility index (Phi) is 2.03. The highest BCUT2D eigenvalue weighted by Gasteiger charge is 2.42. The molecule has 1 N–H and O–H groups in total. The SMILES string of the molecule is C=C1CCC2C[C@@H]1[C@@H](C)NC2(C)C. The molecule has 2 rings (SSSR count). The Labute approximate surface area is 81.6 Å². The van der Waals surface area contributed by atoms with Gasteiger partial charge >= 0.3 is 0 Å². The summed E-state index contributed by atoms with van der Waals surface area (Å²) in [7, 11) is 0. The largest absolute Gasteiger partial charge is 0.308 e. The molecule has 1 saturated carbocycles. The van der Waals surface area contributed by atoms with E-state index in [-0.39, 0.29) is 0 Å². The predicted molar refractivity (Wildman–Crippen MR) is 56.6 cm³/mol. The molecule has 1 nitrogen and oxygen atoms in total. The smallest absolute Gasteiger partial charge is 0.0156 e. The molecule has 1 heterocycles. The van der Waals surface area contributed by atoms with Gasteiger partial charge < -0.3 is 5.32 Å². The summed E-state index contributed by atoms with van der Waals surface area (Å²) in [6.07, 6.45) is 3.95. The van der Waals surface area contributed by atoms with Gasteiger partial charge in [0.25, 0.3) is 0 Å². The highest BCUT2D eigenvalue weighted by molar-refractivity contribution is 5.14. The Hall–Kier alpha value is -0.300. The minimum Gasteiger partial charge on any atom is -0.308 e. The van der Waals surface area contributed by atoms with Gasteiger partial charge in [0.05, 0.1) is 0 Å². The molecule has 1 saturated heterocycles. The molecule has 2 bridgehead atoms. The van der Waals surface area contributed by atoms with E-state index in [0.29, 0.717) is 11.6 Å². The van der Waals surface area contributed by atoms with Crippen LogP contribution in [0.1, 0.15) is 40.0 Å². The molecule has 1 unspecified atom stereocenters. The number of fused-ring (bicyclic) bond motifs is 2. The molecule has 0 spiro atoms.